The van der Waals surface area contributed by atoms with Crippen molar-refractivity contribution in [3.63, 3.8) is 0 Å². The summed E-state index contributed by atoms with van der Waals surface area (Å²) in [7, 11) is 1.47. The first kappa shape index (κ1) is 19.2. The van der Waals surface area contributed by atoms with Crippen LogP contribution in [0.4, 0.5) is 0 Å². The normalized spacial score (nSPS) is 18.6. The number of benzene rings is 2. The zero-order valence-corrected chi connectivity index (χ0v) is 17.0. The Labute approximate surface area is 170 Å². The Morgan fingerprint density at radius 1 is 1.00 bits per heavy atom. The van der Waals surface area contributed by atoms with Crippen LogP contribution in [0.2, 0.25) is 0 Å². The van der Waals surface area contributed by atoms with E-state index in [0.717, 1.165) is 59.3 Å². The van der Waals surface area contributed by atoms with E-state index >= 15 is 0 Å². The van der Waals surface area contributed by atoms with E-state index in [1.807, 2.05) is 49.4 Å². The lowest BCUT2D eigenvalue weighted by molar-refractivity contribution is -0.160. The third kappa shape index (κ3) is 3.62. The van der Waals surface area contributed by atoms with Gasteiger partial charge >= 0.3 is 0 Å². The molecule has 0 aromatic heterocycles. The van der Waals surface area contributed by atoms with Gasteiger partial charge in [0.1, 0.15) is 5.76 Å². The molecule has 1 aliphatic carbocycles. The smallest absolute Gasteiger partial charge is 0.210 e. The second kappa shape index (κ2) is 8.11. The molecule has 5 heteroatoms. The van der Waals surface area contributed by atoms with Crippen molar-refractivity contribution in [2.45, 2.75) is 49.5 Å². The number of carbonyl (C=O) groups excluding carboxylic acids is 1. The molecule has 0 atom stereocenters. The Bertz CT molecular complexity index is 895. The predicted octanol–water partition coefficient (Wildman–Crippen LogP) is 5.75. The van der Waals surface area contributed by atoms with Crippen molar-refractivity contribution in [1.82, 2.24) is 0 Å². The minimum absolute atomic E-state index is 0.133. The molecule has 1 spiro atoms. The van der Waals surface area contributed by atoms with Crippen LogP contribution in [0.5, 0.6) is 0 Å². The van der Waals surface area contributed by atoms with Gasteiger partial charge in [0.05, 0.1) is 24.7 Å². The Kier molecular flexibility index (Phi) is 5.58. The van der Waals surface area contributed by atoms with Crippen molar-refractivity contribution in [3.05, 3.63) is 65.2 Å². The van der Waals surface area contributed by atoms with E-state index in [0.29, 0.717) is 11.3 Å². The molecule has 2 aromatic rings. The molecular weight excluding hydrogens is 372 g/mol. The average Bonchev–Trinajstić information content (AvgIpc) is 2.99. The van der Waals surface area contributed by atoms with Crippen LogP contribution >= 0.6 is 12.0 Å². The molecule has 0 amide bonds. The molecule has 2 aliphatic rings. The summed E-state index contributed by atoms with van der Waals surface area (Å²) in [6.07, 6.45) is 4.81. The van der Waals surface area contributed by atoms with Crippen molar-refractivity contribution in [2.75, 3.05) is 7.11 Å². The standard InChI is InChI=1S/C23H24O4S/c1-16-7-6-8-18(15-16)20-21(17-9-11-19(12-10-17)28-27-25-2)26-23(22(20)24)13-4-3-5-14-23/h6-12,15H,3-5,13-14H2,1-2H3. The third-order valence-electron chi connectivity index (χ3n) is 5.45. The number of ether oxygens (including phenoxy) is 1. The molecule has 0 saturated heterocycles. The van der Waals surface area contributed by atoms with Crippen LogP contribution in [-0.4, -0.2) is 18.5 Å². The quantitative estimate of drug-likeness (QED) is 0.366. The van der Waals surface area contributed by atoms with Gasteiger partial charge in [-0.3, -0.25) is 4.79 Å². The second-order valence-electron chi connectivity index (χ2n) is 7.40. The van der Waals surface area contributed by atoms with Crippen molar-refractivity contribution < 1.29 is 18.8 Å². The van der Waals surface area contributed by atoms with Crippen LogP contribution in [-0.2, 0) is 18.8 Å². The molecule has 146 valence electrons. The average molecular weight is 397 g/mol. The SMILES string of the molecule is COOSc1ccc(C2=C(c3cccc(C)c3)C(=O)C3(CCCCC3)O2)cc1. The number of ketones is 1. The van der Waals surface area contributed by atoms with Gasteiger partial charge in [-0.2, -0.15) is 4.33 Å². The maximum absolute atomic E-state index is 13.6. The summed E-state index contributed by atoms with van der Waals surface area (Å²) in [5.74, 6) is 0.829. The molecule has 28 heavy (non-hydrogen) atoms. The van der Waals surface area contributed by atoms with Crippen LogP contribution in [0.3, 0.4) is 0 Å². The van der Waals surface area contributed by atoms with Crippen LogP contribution in [0.15, 0.2) is 53.4 Å². The summed E-state index contributed by atoms with van der Waals surface area (Å²) in [5, 5.41) is 0. The van der Waals surface area contributed by atoms with E-state index in [2.05, 4.69) is 11.0 Å². The maximum Gasteiger partial charge on any atom is 0.210 e. The Balaban J connectivity index is 1.76. The third-order valence-corrected chi connectivity index (χ3v) is 6.12. The summed E-state index contributed by atoms with van der Waals surface area (Å²) in [6, 6.07) is 15.9. The van der Waals surface area contributed by atoms with Gasteiger partial charge in [-0.05, 0) is 50.3 Å². The number of hydrogen-bond acceptors (Lipinski definition) is 5. The van der Waals surface area contributed by atoms with Gasteiger partial charge in [0.2, 0.25) is 5.78 Å². The lowest BCUT2D eigenvalue weighted by atomic mass is 9.79. The topological polar surface area (TPSA) is 44.8 Å². The zero-order valence-electron chi connectivity index (χ0n) is 16.2. The van der Waals surface area contributed by atoms with Crippen molar-refractivity contribution in [2.24, 2.45) is 0 Å². The van der Waals surface area contributed by atoms with Crippen LogP contribution in [0.1, 0.15) is 48.8 Å². The van der Waals surface area contributed by atoms with Crippen LogP contribution in [0, 0.1) is 6.92 Å². The minimum Gasteiger partial charge on any atom is -0.478 e. The van der Waals surface area contributed by atoms with Gasteiger partial charge < -0.3 is 4.74 Å². The fourth-order valence-electron chi connectivity index (χ4n) is 4.08. The van der Waals surface area contributed by atoms with Crippen molar-refractivity contribution in [1.29, 1.82) is 0 Å². The van der Waals surface area contributed by atoms with Gasteiger partial charge in [0, 0.05) is 10.5 Å². The maximum atomic E-state index is 13.6. The highest BCUT2D eigenvalue weighted by Crippen LogP contribution is 2.48. The number of hydrogen-bond donors (Lipinski definition) is 0. The lowest BCUT2D eigenvalue weighted by Gasteiger charge is -2.32. The molecule has 4 nitrogen and oxygen atoms in total. The first-order valence-corrected chi connectivity index (χ1v) is 10.4. The summed E-state index contributed by atoms with van der Waals surface area (Å²) in [5.41, 5.74) is 2.99. The zero-order chi connectivity index (χ0) is 19.6. The molecule has 1 heterocycles. The fraction of sp³-hybridized carbons (Fsp3) is 0.348. The molecular formula is C23H24O4S. The molecule has 0 unspecified atom stereocenters. The van der Waals surface area contributed by atoms with Gasteiger partial charge in [-0.25, -0.2) is 4.89 Å². The molecule has 1 fully saturated rings. The highest BCUT2D eigenvalue weighted by molar-refractivity contribution is 7.94. The summed E-state index contributed by atoms with van der Waals surface area (Å²) in [4.78, 5) is 19.1. The summed E-state index contributed by atoms with van der Waals surface area (Å²) < 4.78 is 11.4. The van der Waals surface area contributed by atoms with Crippen LogP contribution < -0.4 is 0 Å². The van der Waals surface area contributed by atoms with Gasteiger partial charge in [0.15, 0.2) is 5.60 Å². The summed E-state index contributed by atoms with van der Waals surface area (Å²) in [6.45, 7) is 2.04. The Hall–Kier alpha value is -2.08. The van der Waals surface area contributed by atoms with E-state index in [4.69, 9.17) is 9.07 Å². The van der Waals surface area contributed by atoms with Crippen molar-refractivity contribution >= 4 is 29.2 Å². The number of carbonyl (C=O) groups is 1. The van der Waals surface area contributed by atoms with E-state index < -0.39 is 5.60 Å². The second-order valence-corrected chi connectivity index (χ2v) is 8.18. The van der Waals surface area contributed by atoms with Crippen molar-refractivity contribution in [3.8, 4) is 0 Å². The van der Waals surface area contributed by atoms with Gasteiger partial charge in [-0.15, -0.1) is 0 Å². The fourth-order valence-corrected chi connectivity index (χ4v) is 4.47. The number of aryl methyl sites for hydroxylation is 1. The Morgan fingerprint density at radius 3 is 2.43 bits per heavy atom. The highest BCUT2D eigenvalue weighted by Gasteiger charge is 2.50. The Morgan fingerprint density at radius 2 is 1.75 bits per heavy atom. The van der Waals surface area contributed by atoms with E-state index in [-0.39, 0.29) is 5.78 Å². The molecule has 4 rings (SSSR count). The van der Waals surface area contributed by atoms with Gasteiger partial charge in [0.25, 0.3) is 0 Å². The molecule has 0 radical (unpaired) electrons. The molecule has 0 bridgehead atoms. The lowest BCUT2D eigenvalue weighted by Crippen LogP contribution is -2.39. The molecule has 1 aliphatic heterocycles. The highest BCUT2D eigenvalue weighted by atomic mass is 32.2. The molecule has 1 saturated carbocycles. The van der Waals surface area contributed by atoms with E-state index in [1.165, 1.54) is 13.5 Å². The number of rotatable bonds is 5. The number of Topliss-reactive ketones (excluding diaryl/α,β-unsaturated/α-hetero) is 1. The van der Waals surface area contributed by atoms with E-state index in [9.17, 15) is 4.79 Å². The monoisotopic (exact) mass is 396 g/mol. The van der Waals surface area contributed by atoms with E-state index in [1.54, 1.807) is 0 Å². The molecule has 0 N–H and O–H groups in total. The van der Waals surface area contributed by atoms with Crippen LogP contribution in [0.25, 0.3) is 11.3 Å². The first-order valence-electron chi connectivity index (χ1n) is 9.66. The summed E-state index contributed by atoms with van der Waals surface area (Å²) >= 11 is 1.15. The van der Waals surface area contributed by atoms with Gasteiger partial charge in [-0.1, -0.05) is 48.4 Å². The molecule has 2 aromatic carbocycles. The first-order chi connectivity index (χ1) is 13.6. The largest absolute Gasteiger partial charge is 0.478 e. The minimum atomic E-state index is -0.695. The predicted molar refractivity (Wildman–Crippen MR) is 110 cm³/mol.